The Bertz CT molecular complexity index is 315. The molecule has 1 saturated carbocycles. The van der Waals surface area contributed by atoms with E-state index in [9.17, 15) is 0 Å². The minimum Gasteiger partial charge on any atom is -0.321 e. The van der Waals surface area contributed by atoms with Crippen LogP contribution in [0.3, 0.4) is 0 Å². The highest BCUT2D eigenvalue weighted by atomic mass is 15.2. The van der Waals surface area contributed by atoms with Gasteiger partial charge in [0.25, 0.3) is 0 Å². The van der Waals surface area contributed by atoms with Crippen LogP contribution in [0.2, 0.25) is 0 Å². The van der Waals surface area contributed by atoms with E-state index in [1.807, 2.05) is 0 Å². The van der Waals surface area contributed by atoms with E-state index in [0.29, 0.717) is 5.92 Å². The summed E-state index contributed by atoms with van der Waals surface area (Å²) in [5, 5.41) is 7.32. The molecule has 4 heteroatoms. The van der Waals surface area contributed by atoms with E-state index in [2.05, 4.69) is 22.1 Å². The van der Waals surface area contributed by atoms with Gasteiger partial charge in [0, 0.05) is 5.92 Å². The van der Waals surface area contributed by atoms with Crippen LogP contribution in [0.5, 0.6) is 0 Å². The van der Waals surface area contributed by atoms with Crippen LogP contribution in [0, 0.1) is 0 Å². The molecule has 16 heavy (non-hydrogen) atoms. The summed E-state index contributed by atoms with van der Waals surface area (Å²) in [6.45, 7) is 2.18. The molecule has 0 aliphatic heterocycles. The largest absolute Gasteiger partial charge is 0.321 e. The van der Waals surface area contributed by atoms with Crippen LogP contribution >= 0.6 is 0 Å². The minimum atomic E-state index is 0.00588. The molecule has 4 nitrogen and oxygen atoms in total. The van der Waals surface area contributed by atoms with Crippen molar-refractivity contribution < 1.29 is 0 Å². The summed E-state index contributed by atoms with van der Waals surface area (Å²) in [5.41, 5.74) is 6.05. The van der Waals surface area contributed by atoms with Gasteiger partial charge in [-0.15, -0.1) is 0 Å². The molecule has 1 heterocycles. The Hall–Kier alpha value is -0.900. The lowest BCUT2D eigenvalue weighted by atomic mass is 10.1. The number of rotatable bonds is 5. The van der Waals surface area contributed by atoms with Gasteiger partial charge in [-0.2, -0.15) is 5.10 Å². The van der Waals surface area contributed by atoms with Crippen molar-refractivity contribution in [2.24, 2.45) is 5.73 Å². The minimum absolute atomic E-state index is 0.00588. The van der Waals surface area contributed by atoms with E-state index < -0.39 is 0 Å². The highest BCUT2D eigenvalue weighted by Gasteiger charge is 2.21. The molecule has 1 aliphatic carbocycles. The summed E-state index contributed by atoms with van der Waals surface area (Å²) < 4.78 is 0. The Morgan fingerprint density at radius 3 is 2.88 bits per heavy atom. The Balaban J connectivity index is 1.95. The molecule has 0 amide bonds. The average Bonchev–Trinajstić information content (AvgIpc) is 2.94. The van der Waals surface area contributed by atoms with Crippen molar-refractivity contribution in [2.45, 2.75) is 63.8 Å². The zero-order chi connectivity index (χ0) is 11.4. The molecule has 0 spiro atoms. The molecule has 0 radical (unpaired) electrons. The molecular formula is C12H22N4. The lowest BCUT2D eigenvalue weighted by Crippen LogP contribution is -2.12. The lowest BCUT2D eigenvalue weighted by Gasteiger charge is -2.06. The number of aromatic nitrogens is 3. The van der Waals surface area contributed by atoms with Crippen molar-refractivity contribution >= 4 is 0 Å². The highest BCUT2D eigenvalue weighted by Crippen LogP contribution is 2.32. The highest BCUT2D eigenvalue weighted by molar-refractivity contribution is 5.02. The molecule has 1 aliphatic rings. The second-order valence-electron chi connectivity index (χ2n) is 4.81. The van der Waals surface area contributed by atoms with Crippen LogP contribution in [0.15, 0.2) is 0 Å². The molecule has 1 unspecified atom stereocenters. The fourth-order valence-electron chi connectivity index (χ4n) is 2.39. The third-order valence-electron chi connectivity index (χ3n) is 3.46. The van der Waals surface area contributed by atoms with E-state index in [-0.39, 0.29) is 6.04 Å². The maximum absolute atomic E-state index is 6.05. The third-order valence-corrected chi connectivity index (χ3v) is 3.46. The lowest BCUT2D eigenvalue weighted by molar-refractivity contribution is 0.575. The molecule has 2 rings (SSSR count). The SMILES string of the molecule is CCCCC(N)c1n[nH]c(C2CCCC2)n1. The normalized spacial score (nSPS) is 19.1. The maximum Gasteiger partial charge on any atom is 0.167 e. The molecule has 0 bridgehead atoms. The number of nitrogens with one attached hydrogen (secondary N) is 1. The number of H-pyrrole nitrogens is 1. The molecule has 90 valence electrons. The molecule has 1 aromatic heterocycles. The van der Waals surface area contributed by atoms with Gasteiger partial charge >= 0.3 is 0 Å². The fourth-order valence-corrected chi connectivity index (χ4v) is 2.39. The van der Waals surface area contributed by atoms with Crippen LogP contribution in [0.25, 0.3) is 0 Å². The smallest absolute Gasteiger partial charge is 0.167 e. The van der Waals surface area contributed by atoms with E-state index in [1.54, 1.807) is 0 Å². The summed E-state index contributed by atoms with van der Waals surface area (Å²) in [5.74, 6) is 2.45. The fraction of sp³-hybridized carbons (Fsp3) is 0.833. The van der Waals surface area contributed by atoms with Gasteiger partial charge in [0.15, 0.2) is 5.82 Å². The zero-order valence-electron chi connectivity index (χ0n) is 10.1. The van der Waals surface area contributed by atoms with Crippen molar-refractivity contribution in [2.75, 3.05) is 0 Å². The van der Waals surface area contributed by atoms with Gasteiger partial charge in [0.05, 0.1) is 6.04 Å². The second-order valence-corrected chi connectivity index (χ2v) is 4.81. The Morgan fingerprint density at radius 2 is 2.19 bits per heavy atom. The maximum atomic E-state index is 6.05. The van der Waals surface area contributed by atoms with Gasteiger partial charge in [-0.3, -0.25) is 5.10 Å². The first-order chi connectivity index (χ1) is 7.81. The van der Waals surface area contributed by atoms with Crippen molar-refractivity contribution in [3.8, 4) is 0 Å². The van der Waals surface area contributed by atoms with Crippen LogP contribution in [0.4, 0.5) is 0 Å². The average molecular weight is 222 g/mol. The molecule has 0 aromatic carbocycles. The van der Waals surface area contributed by atoms with Gasteiger partial charge < -0.3 is 5.73 Å². The van der Waals surface area contributed by atoms with Crippen LogP contribution in [-0.4, -0.2) is 15.2 Å². The van der Waals surface area contributed by atoms with Crippen LogP contribution < -0.4 is 5.73 Å². The first kappa shape index (κ1) is 11.6. The van der Waals surface area contributed by atoms with Crippen molar-refractivity contribution in [1.29, 1.82) is 0 Å². The van der Waals surface area contributed by atoms with E-state index in [0.717, 1.165) is 24.5 Å². The van der Waals surface area contributed by atoms with E-state index in [1.165, 1.54) is 32.1 Å². The predicted octanol–water partition coefficient (Wildman–Crippen LogP) is 2.65. The first-order valence-corrected chi connectivity index (χ1v) is 6.49. The molecule has 0 saturated heterocycles. The Morgan fingerprint density at radius 1 is 1.44 bits per heavy atom. The molecule has 1 atom stereocenters. The van der Waals surface area contributed by atoms with E-state index >= 15 is 0 Å². The molecular weight excluding hydrogens is 200 g/mol. The summed E-state index contributed by atoms with van der Waals surface area (Å²) in [6, 6.07) is 0.00588. The van der Waals surface area contributed by atoms with Gasteiger partial charge in [-0.25, -0.2) is 4.98 Å². The van der Waals surface area contributed by atoms with Gasteiger partial charge in [-0.05, 0) is 19.3 Å². The number of hydrogen-bond acceptors (Lipinski definition) is 3. The van der Waals surface area contributed by atoms with E-state index in [4.69, 9.17) is 5.73 Å². The zero-order valence-corrected chi connectivity index (χ0v) is 10.1. The van der Waals surface area contributed by atoms with Gasteiger partial charge in [0.1, 0.15) is 5.82 Å². The van der Waals surface area contributed by atoms with Crippen molar-refractivity contribution in [1.82, 2.24) is 15.2 Å². The standard InChI is InChI=1S/C12H22N4/c1-2-3-8-10(13)12-14-11(15-16-12)9-6-4-5-7-9/h9-10H,2-8,13H2,1H3,(H,14,15,16). The molecule has 3 N–H and O–H groups in total. The summed E-state index contributed by atoms with van der Waals surface area (Å²) in [7, 11) is 0. The number of hydrogen-bond donors (Lipinski definition) is 2. The second kappa shape index (κ2) is 5.43. The first-order valence-electron chi connectivity index (χ1n) is 6.49. The monoisotopic (exact) mass is 222 g/mol. The van der Waals surface area contributed by atoms with Gasteiger partial charge in [-0.1, -0.05) is 32.6 Å². The number of aromatic amines is 1. The Labute approximate surface area is 97.0 Å². The topological polar surface area (TPSA) is 67.6 Å². The van der Waals surface area contributed by atoms with Crippen LogP contribution in [-0.2, 0) is 0 Å². The molecule has 1 fully saturated rings. The van der Waals surface area contributed by atoms with Crippen molar-refractivity contribution in [3.63, 3.8) is 0 Å². The molecule has 1 aromatic rings. The van der Waals surface area contributed by atoms with Gasteiger partial charge in [0.2, 0.25) is 0 Å². The Kier molecular flexibility index (Phi) is 3.93. The summed E-state index contributed by atoms with van der Waals surface area (Å²) in [6.07, 6.45) is 8.45. The summed E-state index contributed by atoms with van der Waals surface area (Å²) in [4.78, 5) is 4.55. The van der Waals surface area contributed by atoms with Crippen LogP contribution in [0.1, 0.15) is 75.5 Å². The third kappa shape index (κ3) is 2.61. The summed E-state index contributed by atoms with van der Waals surface area (Å²) >= 11 is 0. The number of nitrogens with two attached hydrogens (primary N) is 1. The number of unbranched alkanes of at least 4 members (excludes halogenated alkanes) is 1. The number of nitrogens with zero attached hydrogens (tertiary/aromatic N) is 2. The predicted molar refractivity (Wildman–Crippen MR) is 64.0 cm³/mol. The van der Waals surface area contributed by atoms with Crippen molar-refractivity contribution in [3.05, 3.63) is 11.6 Å². The quantitative estimate of drug-likeness (QED) is 0.804.